The van der Waals surface area contributed by atoms with E-state index in [0.29, 0.717) is 13.0 Å². The van der Waals surface area contributed by atoms with Crippen molar-refractivity contribution < 1.29 is 14.6 Å². The first-order chi connectivity index (χ1) is 12.2. The Kier molecular flexibility index (Phi) is 6.59. The van der Waals surface area contributed by atoms with Crippen molar-refractivity contribution in [2.75, 3.05) is 13.7 Å². The summed E-state index contributed by atoms with van der Waals surface area (Å²) in [5.74, 6) is 0.678. The van der Waals surface area contributed by atoms with Gasteiger partial charge in [0, 0.05) is 6.54 Å². The van der Waals surface area contributed by atoms with Gasteiger partial charge in [0.15, 0.2) is 0 Å². The van der Waals surface area contributed by atoms with Crippen molar-refractivity contribution in [1.82, 2.24) is 5.32 Å². The maximum Gasteiger partial charge on any atom is 0.233 e. The Bertz CT molecular complexity index is 697. The molecule has 2 aromatic carbocycles. The molecule has 0 spiro atoms. The first-order valence-electron chi connectivity index (χ1n) is 8.80. The Morgan fingerprint density at radius 3 is 2.48 bits per heavy atom. The second-order valence-corrected chi connectivity index (χ2v) is 5.93. The third-order valence-electron chi connectivity index (χ3n) is 4.67. The van der Waals surface area contributed by atoms with Gasteiger partial charge in [-0.3, -0.25) is 4.79 Å². The summed E-state index contributed by atoms with van der Waals surface area (Å²) in [5, 5.41) is 12.9. The molecule has 0 radical (unpaired) electrons. The average molecular weight is 341 g/mol. The van der Waals surface area contributed by atoms with E-state index in [-0.39, 0.29) is 12.5 Å². The number of carbonyl (C=O) groups is 1. The molecule has 1 unspecified atom stereocenters. The van der Waals surface area contributed by atoms with E-state index in [9.17, 15) is 9.90 Å². The van der Waals surface area contributed by atoms with Crippen molar-refractivity contribution >= 4 is 5.91 Å². The van der Waals surface area contributed by atoms with E-state index in [0.717, 1.165) is 28.9 Å². The van der Waals surface area contributed by atoms with E-state index in [1.54, 1.807) is 7.11 Å². The molecule has 25 heavy (non-hydrogen) atoms. The Morgan fingerprint density at radius 1 is 1.16 bits per heavy atom. The van der Waals surface area contributed by atoms with E-state index >= 15 is 0 Å². The fourth-order valence-electron chi connectivity index (χ4n) is 3.25. The van der Waals surface area contributed by atoms with E-state index in [2.05, 4.69) is 5.32 Å². The van der Waals surface area contributed by atoms with Crippen LogP contribution in [-0.4, -0.2) is 24.7 Å². The van der Waals surface area contributed by atoms with Crippen LogP contribution in [0.4, 0.5) is 0 Å². The van der Waals surface area contributed by atoms with E-state index in [1.807, 2.05) is 62.4 Å². The highest BCUT2D eigenvalue weighted by Gasteiger charge is 2.44. The fourth-order valence-corrected chi connectivity index (χ4v) is 3.25. The van der Waals surface area contributed by atoms with Crippen LogP contribution >= 0.6 is 0 Å². The number of aliphatic hydroxyl groups is 1. The van der Waals surface area contributed by atoms with Crippen molar-refractivity contribution in [2.45, 2.75) is 38.6 Å². The van der Waals surface area contributed by atoms with Gasteiger partial charge in [0.2, 0.25) is 5.91 Å². The maximum atomic E-state index is 12.8. The predicted octanol–water partition coefficient (Wildman–Crippen LogP) is 3.21. The van der Waals surface area contributed by atoms with Crippen LogP contribution in [-0.2, 0) is 23.2 Å². The minimum Gasteiger partial charge on any atom is -0.497 e. The molecule has 4 nitrogen and oxygen atoms in total. The number of aliphatic hydroxyl groups excluding tert-OH is 1. The lowest BCUT2D eigenvalue weighted by Crippen LogP contribution is -2.45. The number of fused-ring (bicyclic) bond motifs is 1. The Labute approximate surface area is 149 Å². The minimum absolute atomic E-state index is 0.110. The molecule has 0 saturated heterocycles. The molecular weight excluding hydrogens is 314 g/mol. The maximum absolute atomic E-state index is 12.8. The predicted molar refractivity (Wildman–Crippen MR) is 99.7 cm³/mol. The van der Waals surface area contributed by atoms with Gasteiger partial charge in [0.05, 0.1) is 19.1 Å². The molecule has 0 saturated carbocycles. The van der Waals surface area contributed by atoms with Gasteiger partial charge in [-0.05, 0) is 41.7 Å². The van der Waals surface area contributed by atoms with E-state index in [1.165, 1.54) is 0 Å². The smallest absolute Gasteiger partial charge is 0.233 e. The molecular formula is C21H27NO3. The number of benzene rings is 2. The standard InChI is InChI=1S/C19H21NO3.C2H6/c1-23-16-8-6-14(7-9-16)12-20-18(22)19(13-21)11-10-15-4-2-3-5-17(15)19;1-2/h2-9,21H,10-13H2,1H3,(H,20,22);1-2H3. The summed E-state index contributed by atoms with van der Waals surface area (Å²) in [4.78, 5) is 12.8. The zero-order valence-corrected chi connectivity index (χ0v) is 15.2. The van der Waals surface area contributed by atoms with Crippen LogP contribution in [0.25, 0.3) is 0 Å². The summed E-state index contributed by atoms with van der Waals surface area (Å²) in [5.41, 5.74) is 2.29. The number of ether oxygens (including phenoxy) is 1. The number of amides is 1. The molecule has 1 amide bonds. The lowest BCUT2D eigenvalue weighted by atomic mass is 9.81. The van der Waals surface area contributed by atoms with Crippen LogP contribution in [0, 0.1) is 0 Å². The van der Waals surface area contributed by atoms with Crippen molar-refractivity contribution in [3.63, 3.8) is 0 Å². The number of hydrogen-bond donors (Lipinski definition) is 2. The van der Waals surface area contributed by atoms with Crippen molar-refractivity contribution in [3.8, 4) is 5.75 Å². The summed E-state index contributed by atoms with van der Waals surface area (Å²) in [6.45, 7) is 4.27. The Balaban J connectivity index is 0.00000109. The normalized spacial score (nSPS) is 17.9. The third kappa shape index (κ3) is 3.85. The molecule has 3 rings (SSSR count). The Morgan fingerprint density at radius 2 is 1.84 bits per heavy atom. The van der Waals surface area contributed by atoms with Crippen LogP contribution in [0.15, 0.2) is 48.5 Å². The molecule has 0 heterocycles. The van der Waals surface area contributed by atoms with Crippen LogP contribution in [0.3, 0.4) is 0 Å². The second kappa shape index (κ2) is 8.67. The van der Waals surface area contributed by atoms with Crippen LogP contribution in [0.1, 0.15) is 37.0 Å². The van der Waals surface area contributed by atoms with Gasteiger partial charge in [-0.25, -0.2) is 0 Å². The SMILES string of the molecule is CC.COc1ccc(CNC(=O)C2(CO)CCc3ccccc32)cc1. The topological polar surface area (TPSA) is 58.6 Å². The summed E-state index contributed by atoms with van der Waals surface area (Å²) >= 11 is 0. The lowest BCUT2D eigenvalue weighted by Gasteiger charge is -2.27. The molecule has 0 aliphatic heterocycles. The average Bonchev–Trinajstić information content (AvgIpc) is 3.08. The molecule has 1 atom stereocenters. The highest BCUT2D eigenvalue weighted by molar-refractivity contribution is 5.89. The molecule has 2 aromatic rings. The molecule has 0 bridgehead atoms. The first-order valence-corrected chi connectivity index (χ1v) is 8.80. The second-order valence-electron chi connectivity index (χ2n) is 5.93. The minimum atomic E-state index is -0.816. The van der Waals surface area contributed by atoms with Gasteiger partial charge >= 0.3 is 0 Å². The van der Waals surface area contributed by atoms with E-state index in [4.69, 9.17) is 4.74 Å². The molecule has 4 heteroatoms. The molecule has 1 aliphatic rings. The number of carbonyl (C=O) groups excluding carboxylic acids is 1. The van der Waals surface area contributed by atoms with Gasteiger partial charge in [-0.15, -0.1) is 0 Å². The molecule has 2 N–H and O–H groups in total. The highest BCUT2D eigenvalue weighted by Crippen LogP contribution is 2.38. The quantitative estimate of drug-likeness (QED) is 0.878. The highest BCUT2D eigenvalue weighted by atomic mass is 16.5. The van der Waals surface area contributed by atoms with Crippen molar-refractivity contribution in [2.24, 2.45) is 0 Å². The lowest BCUT2D eigenvalue weighted by molar-refractivity contribution is -0.128. The zero-order valence-electron chi connectivity index (χ0n) is 15.2. The third-order valence-corrected chi connectivity index (χ3v) is 4.67. The molecule has 0 aromatic heterocycles. The summed E-state index contributed by atoms with van der Waals surface area (Å²) in [6, 6.07) is 15.5. The molecule has 134 valence electrons. The Hall–Kier alpha value is -2.33. The van der Waals surface area contributed by atoms with Crippen LogP contribution in [0.2, 0.25) is 0 Å². The summed E-state index contributed by atoms with van der Waals surface area (Å²) in [6.07, 6.45) is 1.48. The van der Waals surface area contributed by atoms with Crippen molar-refractivity contribution in [1.29, 1.82) is 0 Å². The van der Waals surface area contributed by atoms with Gasteiger partial charge in [-0.2, -0.15) is 0 Å². The molecule has 1 aliphatic carbocycles. The zero-order chi connectivity index (χ0) is 18.3. The van der Waals surface area contributed by atoms with Crippen LogP contribution in [0.5, 0.6) is 5.75 Å². The van der Waals surface area contributed by atoms with Gasteiger partial charge in [0.1, 0.15) is 5.75 Å². The summed E-state index contributed by atoms with van der Waals surface area (Å²) < 4.78 is 5.13. The van der Waals surface area contributed by atoms with Crippen molar-refractivity contribution in [3.05, 3.63) is 65.2 Å². The van der Waals surface area contributed by atoms with Gasteiger partial charge in [-0.1, -0.05) is 50.2 Å². The summed E-state index contributed by atoms with van der Waals surface area (Å²) in [7, 11) is 1.62. The number of rotatable bonds is 5. The van der Waals surface area contributed by atoms with Gasteiger partial charge < -0.3 is 15.2 Å². The number of nitrogens with one attached hydrogen (secondary N) is 1. The number of hydrogen-bond acceptors (Lipinski definition) is 3. The van der Waals surface area contributed by atoms with E-state index < -0.39 is 5.41 Å². The van der Waals surface area contributed by atoms with Crippen LogP contribution < -0.4 is 10.1 Å². The number of methoxy groups -OCH3 is 1. The molecule has 0 fully saturated rings. The first kappa shape index (κ1) is 19.0. The van der Waals surface area contributed by atoms with Gasteiger partial charge in [0.25, 0.3) is 0 Å². The largest absolute Gasteiger partial charge is 0.497 e. The fraction of sp³-hybridized carbons (Fsp3) is 0.381. The number of aryl methyl sites for hydroxylation is 1. The monoisotopic (exact) mass is 341 g/mol.